The van der Waals surface area contributed by atoms with E-state index in [0.717, 1.165) is 74.0 Å². The molecule has 2 aliphatic rings. The van der Waals surface area contributed by atoms with Crippen molar-refractivity contribution in [1.82, 2.24) is 15.2 Å². The Morgan fingerprint density at radius 1 is 0.850 bits per heavy atom. The van der Waals surface area contributed by atoms with Crippen LogP contribution >= 0.6 is 0 Å². The third-order valence-corrected chi connectivity index (χ3v) is 7.58. The molecule has 0 bridgehead atoms. The summed E-state index contributed by atoms with van der Waals surface area (Å²) in [7, 11) is 0. The lowest BCUT2D eigenvalue weighted by atomic mass is 10.0. The lowest BCUT2D eigenvalue weighted by Gasteiger charge is -2.29. The fourth-order valence-electron chi connectivity index (χ4n) is 5.38. The van der Waals surface area contributed by atoms with Gasteiger partial charge >= 0.3 is 0 Å². The van der Waals surface area contributed by atoms with Gasteiger partial charge in [-0.25, -0.2) is 0 Å². The van der Waals surface area contributed by atoms with Crippen molar-refractivity contribution in [3.63, 3.8) is 0 Å². The van der Waals surface area contributed by atoms with Gasteiger partial charge in [-0.05, 0) is 92.8 Å². The first kappa shape index (κ1) is 27.8. The van der Waals surface area contributed by atoms with Crippen LogP contribution < -0.4 is 15.5 Å². The Morgan fingerprint density at radius 2 is 1.60 bits per heavy atom. The summed E-state index contributed by atoms with van der Waals surface area (Å²) >= 11 is 0. The quantitative estimate of drug-likeness (QED) is 0.431. The Hall–Kier alpha value is -3.75. The van der Waals surface area contributed by atoms with Gasteiger partial charge in [0.2, 0.25) is 0 Å². The predicted molar refractivity (Wildman–Crippen MR) is 159 cm³/mol. The number of benzene rings is 2. The summed E-state index contributed by atoms with van der Waals surface area (Å²) < 4.78 is 5.39. The van der Waals surface area contributed by atoms with Crippen LogP contribution in [0, 0.1) is 13.8 Å². The minimum absolute atomic E-state index is 0.179. The molecule has 2 N–H and O–H groups in total. The molecule has 3 aromatic rings. The molecule has 5 rings (SSSR count). The van der Waals surface area contributed by atoms with E-state index in [1.165, 1.54) is 19.3 Å². The lowest BCUT2D eigenvalue weighted by Crippen LogP contribution is -2.41. The number of pyridine rings is 1. The van der Waals surface area contributed by atoms with Crippen LogP contribution in [0.25, 0.3) is 11.3 Å². The molecule has 0 atom stereocenters. The molecule has 0 unspecified atom stereocenters. The molecule has 3 heterocycles. The predicted octanol–water partition coefficient (Wildman–Crippen LogP) is 4.67. The molecule has 0 saturated carbocycles. The summed E-state index contributed by atoms with van der Waals surface area (Å²) in [5.41, 5.74) is 6.42. The molecule has 2 saturated heterocycles. The molecule has 0 spiro atoms. The van der Waals surface area contributed by atoms with Crippen LogP contribution in [0.1, 0.15) is 51.1 Å². The van der Waals surface area contributed by atoms with Crippen LogP contribution in [0.3, 0.4) is 0 Å². The molecule has 2 amide bonds. The van der Waals surface area contributed by atoms with Crippen LogP contribution in [0.2, 0.25) is 0 Å². The topological polar surface area (TPSA) is 86.8 Å². The number of anilines is 2. The third-order valence-electron chi connectivity index (χ3n) is 7.58. The number of morpholine rings is 1. The largest absolute Gasteiger partial charge is 0.379 e. The van der Waals surface area contributed by atoms with Gasteiger partial charge in [-0.1, -0.05) is 0 Å². The Labute approximate surface area is 236 Å². The van der Waals surface area contributed by atoms with Crippen molar-refractivity contribution in [2.75, 3.05) is 62.7 Å². The van der Waals surface area contributed by atoms with Gasteiger partial charge in [0.25, 0.3) is 11.8 Å². The SMILES string of the molecule is Cc1cc(C(=O)NCCN2CCOCC2)cc(C(=O)Nc2ccc(N3CCCCC3)cc2-c2cc(C)ccn2)c1. The molecule has 40 heavy (non-hydrogen) atoms. The van der Waals surface area contributed by atoms with Gasteiger partial charge in [0.1, 0.15) is 0 Å². The van der Waals surface area contributed by atoms with E-state index in [-0.39, 0.29) is 11.8 Å². The van der Waals surface area contributed by atoms with Crippen molar-refractivity contribution >= 4 is 23.2 Å². The third kappa shape index (κ3) is 7.06. The number of nitrogens with one attached hydrogen (secondary N) is 2. The number of hydrogen-bond acceptors (Lipinski definition) is 6. The average Bonchev–Trinajstić information content (AvgIpc) is 2.98. The van der Waals surface area contributed by atoms with Crippen LogP contribution in [-0.4, -0.2) is 74.2 Å². The van der Waals surface area contributed by atoms with E-state index in [2.05, 4.69) is 37.6 Å². The number of piperidine rings is 1. The molecular formula is C32H39N5O3. The number of aromatic nitrogens is 1. The van der Waals surface area contributed by atoms with E-state index in [9.17, 15) is 9.59 Å². The molecule has 2 aliphatic heterocycles. The van der Waals surface area contributed by atoms with E-state index in [0.29, 0.717) is 23.4 Å². The molecule has 2 aromatic carbocycles. The Kier molecular flexibility index (Phi) is 9.08. The summed E-state index contributed by atoms with van der Waals surface area (Å²) in [4.78, 5) is 35.7. The number of rotatable bonds is 8. The fourth-order valence-corrected chi connectivity index (χ4v) is 5.38. The normalized spacial score (nSPS) is 16.0. The molecule has 2 fully saturated rings. The number of nitrogens with zero attached hydrogens (tertiary/aromatic N) is 3. The zero-order chi connectivity index (χ0) is 27.9. The van der Waals surface area contributed by atoms with Gasteiger partial charge in [0, 0.05) is 67.8 Å². The van der Waals surface area contributed by atoms with Crippen molar-refractivity contribution in [1.29, 1.82) is 0 Å². The second-order valence-electron chi connectivity index (χ2n) is 10.7. The zero-order valence-corrected chi connectivity index (χ0v) is 23.5. The van der Waals surface area contributed by atoms with Crippen LogP contribution in [0.4, 0.5) is 11.4 Å². The summed E-state index contributed by atoms with van der Waals surface area (Å²) in [6, 6.07) is 15.5. The highest BCUT2D eigenvalue weighted by atomic mass is 16.5. The van der Waals surface area contributed by atoms with Crippen LogP contribution in [0.5, 0.6) is 0 Å². The molecular weight excluding hydrogens is 502 g/mol. The second-order valence-corrected chi connectivity index (χ2v) is 10.7. The maximum Gasteiger partial charge on any atom is 0.255 e. The van der Waals surface area contributed by atoms with Gasteiger partial charge in [-0.2, -0.15) is 0 Å². The Balaban J connectivity index is 1.33. The Bertz CT molecular complexity index is 1350. The van der Waals surface area contributed by atoms with Gasteiger partial charge in [0.15, 0.2) is 0 Å². The van der Waals surface area contributed by atoms with Gasteiger partial charge < -0.3 is 20.3 Å². The standard InChI is InChI=1S/C32H39N5O3/c1-23-8-9-33-30(20-23)28-22-27(37-11-4-3-5-12-37)6-7-29(28)35-32(39)26-19-24(2)18-25(21-26)31(38)34-10-13-36-14-16-40-17-15-36/h6-9,18-22H,3-5,10-17H2,1-2H3,(H,34,38)(H,35,39). The van der Waals surface area contributed by atoms with Gasteiger partial charge in [-0.15, -0.1) is 0 Å². The molecule has 0 aliphatic carbocycles. The first-order valence-electron chi connectivity index (χ1n) is 14.3. The number of ether oxygens (including phenoxy) is 1. The van der Waals surface area contributed by atoms with Crippen LogP contribution in [0.15, 0.2) is 54.7 Å². The first-order valence-corrected chi connectivity index (χ1v) is 14.3. The van der Waals surface area contributed by atoms with E-state index < -0.39 is 0 Å². The van der Waals surface area contributed by atoms with Gasteiger partial charge in [-0.3, -0.25) is 19.5 Å². The summed E-state index contributed by atoms with van der Waals surface area (Å²) in [6.45, 7) is 10.5. The minimum Gasteiger partial charge on any atom is -0.379 e. The maximum absolute atomic E-state index is 13.5. The zero-order valence-electron chi connectivity index (χ0n) is 23.5. The van der Waals surface area contributed by atoms with Crippen molar-refractivity contribution in [3.05, 3.63) is 77.0 Å². The Morgan fingerprint density at radius 3 is 2.35 bits per heavy atom. The first-order chi connectivity index (χ1) is 19.5. The van der Waals surface area contributed by atoms with E-state index in [1.54, 1.807) is 12.3 Å². The monoisotopic (exact) mass is 541 g/mol. The smallest absolute Gasteiger partial charge is 0.255 e. The number of aryl methyl sites for hydroxylation is 2. The highest BCUT2D eigenvalue weighted by molar-refractivity contribution is 6.08. The van der Waals surface area contributed by atoms with Crippen molar-refractivity contribution in [2.24, 2.45) is 0 Å². The van der Waals surface area contributed by atoms with Crippen molar-refractivity contribution in [2.45, 2.75) is 33.1 Å². The van der Waals surface area contributed by atoms with E-state index in [1.807, 2.05) is 44.2 Å². The van der Waals surface area contributed by atoms with E-state index >= 15 is 0 Å². The summed E-state index contributed by atoms with van der Waals surface area (Å²) in [6.07, 6.45) is 5.44. The molecule has 210 valence electrons. The average molecular weight is 542 g/mol. The highest BCUT2D eigenvalue weighted by Gasteiger charge is 2.18. The lowest BCUT2D eigenvalue weighted by molar-refractivity contribution is 0.0383. The van der Waals surface area contributed by atoms with E-state index in [4.69, 9.17) is 4.74 Å². The number of carbonyl (C=O) groups is 2. The number of amides is 2. The molecule has 1 aromatic heterocycles. The highest BCUT2D eigenvalue weighted by Crippen LogP contribution is 2.33. The summed E-state index contributed by atoms with van der Waals surface area (Å²) in [5.74, 6) is -0.438. The van der Waals surface area contributed by atoms with Crippen molar-refractivity contribution < 1.29 is 14.3 Å². The number of carbonyl (C=O) groups excluding carboxylic acids is 2. The maximum atomic E-state index is 13.5. The number of hydrogen-bond donors (Lipinski definition) is 2. The van der Waals surface area contributed by atoms with Crippen molar-refractivity contribution in [3.8, 4) is 11.3 Å². The van der Waals surface area contributed by atoms with Crippen LogP contribution in [-0.2, 0) is 4.74 Å². The molecule has 8 heteroatoms. The second kappa shape index (κ2) is 13.1. The van der Waals surface area contributed by atoms with Gasteiger partial charge in [0.05, 0.1) is 24.6 Å². The molecule has 8 nitrogen and oxygen atoms in total. The molecule has 0 radical (unpaired) electrons. The minimum atomic E-state index is -0.259. The summed E-state index contributed by atoms with van der Waals surface area (Å²) in [5, 5.41) is 6.10. The fraction of sp³-hybridized carbons (Fsp3) is 0.406.